The van der Waals surface area contributed by atoms with Gasteiger partial charge in [-0.05, 0) is 30.7 Å². The average molecular weight is 419 g/mol. The summed E-state index contributed by atoms with van der Waals surface area (Å²) in [6.45, 7) is 1.66. The third kappa shape index (κ3) is 4.15. The van der Waals surface area contributed by atoms with Crippen LogP contribution in [-0.2, 0) is 40.5 Å². The topological polar surface area (TPSA) is 82.5 Å². The fourth-order valence-corrected chi connectivity index (χ4v) is 4.38. The van der Waals surface area contributed by atoms with E-state index in [1.807, 2.05) is 0 Å². The molecule has 2 aromatic rings. The second-order valence-electron chi connectivity index (χ2n) is 6.33. The number of alkyl halides is 3. The third-order valence-electron chi connectivity index (χ3n) is 4.45. The molecule has 0 spiro atoms. The van der Waals surface area contributed by atoms with Gasteiger partial charge in [0.1, 0.15) is 5.75 Å². The summed E-state index contributed by atoms with van der Waals surface area (Å²) in [5.74, 6) is 0.529. The zero-order chi connectivity index (χ0) is 20.5. The van der Waals surface area contributed by atoms with Crippen LogP contribution in [0.4, 0.5) is 13.2 Å². The van der Waals surface area contributed by atoms with E-state index < -0.39 is 21.9 Å². The van der Waals surface area contributed by atoms with Crippen molar-refractivity contribution in [1.82, 2.24) is 14.5 Å². The number of hydrogen-bond acceptors (Lipinski definition) is 5. The van der Waals surface area contributed by atoms with Gasteiger partial charge in [-0.25, -0.2) is 13.1 Å². The van der Waals surface area contributed by atoms with E-state index in [9.17, 15) is 21.6 Å². The molecule has 0 saturated heterocycles. The average Bonchev–Trinajstić information content (AvgIpc) is 3.00. The summed E-state index contributed by atoms with van der Waals surface area (Å²) in [5.41, 5.74) is -0.0260. The fourth-order valence-electron chi connectivity index (χ4n) is 3.14. The number of nitrogens with one attached hydrogen (secondary N) is 1. The van der Waals surface area contributed by atoms with Crippen molar-refractivity contribution in [3.63, 3.8) is 0 Å². The second kappa shape index (κ2) is 7.72. The van der Waals surface area contributed by atoms with Gasteiger partial charge in [0.05, 0.1) is 31.8 Å². The van der Waals surface area contributed by atoms with Gasteiger partial charge in [0.15, 0.2) is 5.69 Å². The summed E-state index contributed by atoms with van der Waals surface area (Å²) in [4.78, 5) is 0.0835. The molecule has 1 aliphatic heterocycles. The molecule has 2 heterocycles. The molecule has 0 atom stereocenters. The van der Waals surface area contributed by atoms with Gasteiger partial charge in [0.2, 0.25) is 10.0 Å². The van der Waals surface area contributed by atoms with Gasteiger partial charge in [0, 0.05) is 24.2 Å². The van der Waals surface area contributed by atoms with E-state index in [1.54, 1.807) is 13.0 Å². The van der Waals surface area contributed by atoms with Gasteiger partial charge >= 0.3 is 6.18 Å². The molecule has 3 rings (SSSR count). The van der Waals surface area contributed by atoms with E-state index >= 15 is 0 Å². The van der Waals surface area contributed by atoms with Crippen LogP contribution in [0.5, 0.6) is 5.75 Å². The van der Waals surface area contributed by atoms with E-state index in [-0.39, 0.29) is 30.2 Å². The van der Waals surface area contributed by atoms with Crippen molar-refractivity contribution in [3.8, 4) is 5.75 Å². The Hall–Kier alpha value is -2.11. The van der Waals surface area contributed by atoms with E-state index in [1.165, 1.54) is 23.9 Å². The Balaban J connectivity index is 1.75. The van der Waals surface area contributed by atoms with Crippen molar-refractivity contribution in [1.29, 1.82) is 0 Å². The first kappa shape index (κ1) is 20.6. The van der Waals surface area contributed by atoms with Crippen LogP contribution in [0.2, 0.25) is 0 Å². The molecule has 0 unspecified atom stereocenters. The molecule has 0 saturated carbocycles. The molecule has 0 amide bonds. The van der Waals surface area contributed by atoms with Crippen LogP contribution in [0.15, 0.2) is 23.1 Å². The van der Waals surface area contributed by atoms with Crippen LogP contribution in [0.1, 0.15) is 22.5 Å². The van der Waals surface area contributed by atoms with Crippen LogP contribution < -0.4 is 9.46 Å². The number of benzene rings is 1. The number of sulfonamides is 1. The Kier molecular flexibility index (Phi) is 5.69. The summed E-state index contributed by atoms with van der Waals surface area (Å²) in [6, 6.07) is 4.54. The molecule has 1 aromatic carbocycles. The van der Waals surface area contributed by atoms with Crippen LogP contribution in [0.25, 0.3) is 0 Å². The molecule has 154 valence electrons. The number of aryl methyl sites for hydroxylation is 1. The largest absolute Gasteiger partial charge is 0.497 e. The number of methoxy groups -OCH3 is 1. The highest BCUT2D eigenvalue weighted by molar-refractivity contribution is 7.89. The second-order valence-corrected chi connectivity index (χ2v) is 8.06. The zero-order valence-corrected chi connectivity index (χ0v) is 16.2. The minimum Gasteiger partial charge on any atom is -0.497 e. The minimum absolute atomic E-state index is 0.0209. The molecule has 7 nitrogen and oxygen atoms in total. The van der Waals surface area contributed by atoms with E-state index in [2.05, 4.69) is 9.82 Å². The Bertz CT molecular complexity index is 971. The molecule has 11 heteroatoms. The normalized spacial score (nSPS) is 14.8. The molecular weight excluding hydrogens is 399 g/mol. The number of aromatic nitrogens is 2. The van der Waals surface area contributed by atoms with Crippen LogP contribution in [0.3, 0.4) is 0 Å². The molecule has 0 bridgehead atoms. The van der Waals surface area contributed by atoms with Gasteiger partial charge in [-0.3, -0.25) is 4.68 Å². The first-order valence-electron chi connectivity index (χ1n) is 8.51. The lowest BCUT2D eigenvalue weighted by Crippen LogP contribution is -2.29. The highest BCUT2D eigenvalue weighted by atomic mass is 32.2. The number of halogens is 3. The number of ether oxygens (including phenoxy) is 2. The number of rotatable bonds is 6. The molecule has 1 aromatic heterocycles. The van der Waals surface area contributed by atoms with Crippen molar-refractivity contribution >= 4 is 10.0 Å². The maximum Gasteiger partial charge on any atom is 0.435 e. The van der Waals surface area contributed by atoms with Crippen molar-refractivity contribution in [3.05, 3.63) is 40.7 Å². The molecule has 1 aliphatic rings. The van der Waals surface area contributed by atoms with Crippen molar-refractivity contribution < 1.29 is 31.1 Å². The quantitative estimate of drug-likeness (QED) is 0.777. The molecule has 0 aliphatic carbocycles. The van der Waals surface area contributed by atoms with Crippen LogP contribution in [0, 0.1) is 6.92 Å². The Morgan fingerprint density at radius 2 is 2.11 bits per heavy atom. The van der Waals surface area contributed by atoms with Crippen LogP contribution in [-0.4, -0.2) is 38.5 Å². The van der Waals surface area contributed by atoms with Crippen molar-refractivity contribution in [2.45, 2.75) is 37.6 Å². The Morgan fingerprint density at radius 1 is 1.36 bits per heavy atom. The molecule has 28 heavy (non-hydrogen) atoms. The van der Waals surface area contributed by atoms with E-state index in [4.69, 9.17) is 9.47 Å². The lowest BCUT2D eigenvalue weighted by molar-refractivity contribution is -0.142. The lowest BCUT2D eigenvalue weighted by Gasteiger charge is -2.16. The summed E-state index contributed by atoms with van der Waals surface area (Å²) in [5, 5.41) is 3.66. The number of hydrogen-bond donors (Lipinski definition) is 1. The first-order chi connectivity index (χ1) is 13.1. The Labute approximate surface area is 160 Å². The van der Waals surface area contributed by atoms with Gasteiger partial charge in [-0.15, -0.1) is 0 Å². The summed E-state index contributed by atoms with van der Waals surface area (Å²) in [6.07, 6.45) is -4.29. The first-order valence-corrected chi connectivity index (χ1v) is 9.99. The molecular formula is C17H20F3N3O4S. The zero-order valence-electron chi connectivity index (χ0n) is 15.3. The molecule has 0 fully saturated rings. The SMILES string of the molecule is COc1ccc(S(=O)(=O)NCCn2nc(C(F)(F)F)c3c2CCOC3)c(C)c1. The van der Waals surface area contributed by atoms with Gasteiger partial charge in [-0.1, -0.05) is 0 Å². The highest BCUT2D eigenvalue weighted by Crippen LogP contribution is 2.34. The van der Waals surface area contributed by atoms with Crippen molar-refractivity contribution in [2.24, 2.45) is 0 Å². The summed E-state index contributed by atoms with van der Waals surface area (Å²) < 4.78 is 78.4. The standard InChI is InChI=1S/C17H20F3N3O4S/c1-11-9-12(26-2)3-4-15(11)28(24,25)21-6-7-23-14-5-8-27-10-13(14)16(22-23)17(18,19)20/h3-4,9,21H,5-8,10H2,1-2H3. The predicted molar refractivity (Wildman–Crippen MR) is 93.5 cm³/mol. The molecule has 1 N–H and O–H groups in total. The molecule has 0 radical (unpaired) electrons. The predicted octanol–water partition coefficient (Wildman–Crippen LogP) is 2.27. The highest BCUT2D eigenvalue weighted by Gasteiger charge is 2.39. The van der Waals surface area contributed by atoms with E-state index in [0.717, 1.165) is 0 Å². The van der Waals surface area contributed by atoms with Crippen molar-refractivity contribution in [2.75, 3.05) is 20.3 Å². The number of fused-ring (bicyclic) bond motifs is 1. The van der Waals surface area contributed by atoms with Crippen LogP contribution >= 0.6 is 0 Å². The maximum absolute atomic E-state index is 13.2. The Morgan fingerprint density at radius 3 is 2.75 bits per heavy atom. The fraction of sp³-hybridized carbons (Fsp3) is 0.471. The summed E-state index contributed by atoms with van der Waals surface area (Å²) >= 11 is 0. The maximum atomic E-state index is 13.2. The summed E-state index contributed by atoms with van der Waals surface area (Å²) in [7, 11) is -2.34. The minimum atomic E-state index is -4.59. The monoisotopic (exact) mass is 419 g/mol. The van der Waals surface area contributed by atoms with E-state index in [0.29, 0.717) is 30.0 Å². The van der Waals surface area contributed by atoms with Gasteiger partial charge < -0.3 is 9.47 Å². The van der Waals surface area contributed by atoms with Gasteiger partial charge in [0.25, 0.3) is 0 Å². The number of nitrogens with zero attached hydrogens (tertiary/aromatic N) is 2. The third-order valence-corrected chi connectivity index (χ3v) is 6.07. The van der Waals surface area contributed by atoms with Gasteiger partial charge in [-0.2, -0.15) is 18.3 Å². The smallest absolute Gasteiger partial charge is 0.435 e. The lowest BCUT2D eigenvalue weighted by atomic mass is 10.1.